The third-order valence-corrected chi connectivity index (χ3v) is 12.2. The first-order valence-corrected chi connectivity index (χ1v) is 24.1. The predicted octanol–water partition coefficient (Wildman–Crippen LogP) is 16.8. The van der Waals surface area contributed by atoms with E-state index in [9.17, 15) is 21.6 Å². The molecule has 0 N–H and O–H groups in total. The van der Waals surface area contributed by atoms with Crippen molar-refractivity contribution in [2.24, 2.45) is 0 Å². The van der Waals surface area contributed by atoms with Crippen LogP contribution >= 0.6 is 0 Å². The van der Waals surface area contributed by atoms with Crippen LogP contribution in [0, 0.1) is 13.8 Å². The molecular weight excluding hydrogens is 862 g/mol. The van der Waals surface area contributed by atoms with Crippen LogP contribution in [0.4, 0.5) is 47.3 Å². The van der Waals surface area contributed by atoms with Crippen molar-refractivity contribution in [2.45, 2.75) is 71.7 Å². The Kier molecular flexibility index (Phi) is 17.6. The molecule has 0 bridgehead atoms. The zero-order valence-electron chi connectivity index (χ0n) is 38.9. The molecule has 0 amide bonds. The molecule has 7 aromatic carbocycles. The van der Waals surface area contributed by atoms with Crippen LogP contribution in [-0.2, 0) is 27.1 Å². The van der Waals surface area contributed by atoms with E-state index in [0.717, 1.165) is 24.2 Å². The van der Waals surface area contributed by atoms with Crippen LogP contribution in [0.5, 0.6) is 0 Å². The van der Waals surface area contributed by atoms with Crippen LogP contribution in [0.25, 0.3) is 24.3 Å². The third kappa shape index (κ3) is 14.2. The molecule has 0 spiro atoms. The molecule has 0 fully saturated rings. The number of rotatable bonds is 17. The van der Waals surface area contributed by atoms with E-state index in [2.05, 4.69) is 236 Å². The Morgan fingerprint density at radius 2 is 0.761 bits per heavy atom. The number of halogens is 3. The molecule has 0 aliphatic rings. The van der Waals surface area contributed by atoms with Crippen LogP contribution in [-0.4, -0.2) is 21.0 Å². The van der Waals surface area contributed by atoms with Crippen molar-refractivity contribution in [1.29, 1.82) is 0 Å². The maximum absolute atomic E-state index is 11.1. The maximum atomic E-state index is 11.1. The number of hydrogen-bond acceptors (Lipinski definition) is 5. The van der Waals surface area contributed by atoms with Crippen molar-refractivity contribution in [2.75, 3.05) is 16.9 Å². The molecule has 0 atom stereocenters. The summed E-state index contributed by atoms with van der Waals surface area (Å²) in [6.07, 6.45) is 15.9. The number of hydrogen-bond donors (Lipinski definition) is 0. The third-order valence-electron chi connectivity index (χ3n) is 11.2. The van der Waals surface area contributed by atoms with E-state index in [-0.39, 0.29) is 0 Å². The first kappa shape index (κ1) is 49.7. The molecule has 346 valence electrons. The minimum atomic E-state index is -5.34. The normalized spacial score (nSPS) is 11.7. The fraction of sp³-hybridized carbons (Fsp3) is 0.207. The van der Waals surface area contributed by atoms with Gasteiger partial charge in [0.1, 0.15) is 0 Å². The summed E-state index contributed by atoms with van der Waals surface area (Å²) in [5.74, 6) is 0. The molecule has 67 heavy (non-hydrogen) atoms. The van der Waals surface area contributed by atoms with Gasteiger partial charge in [-0.25, -0.2) is 0 Å². The molecule has 5 nitrogen and oxygen atoms in total. The van der Waals surface area contributed by atoms with Crippen LogP contribution in [0.1, 0.15) is 84.0 Å². The summed E-state index contributed by atoms with van der Waals surface area (Å²) in [7, 11) is -4.89. The van der Waals surface area contributed by atoms with E-state index in [0.29, 0.717) is 7.11 Å². The van der Waals surface area contributed by atoms with Gasteiger partial charge in [0, 0.05) is 34.1 Å². The van der Waals surface area contributed by atoms with Gasteiger partial charge in [0.25, 0.3) is 0 Å². The fourth-order valence-electron chi connectivity index (χ4n) is 7.48. The molecule has 7 aromatic rings. The highest BCUT2D eigenvalue weighted by Crippen LogP contribution is 2.37. The first-order valence-electron chi connectivity index (χ1n) is 22.7. The van der Waals surface area contributed by atoms with Crippen LogP contribution in [0.3, 0.4) is 0 Å². The first-order chi connectivity index (χ1) is 32.3. The number of nitrogens with zero attached hydrogens (tertiary/aromatic N) is 2. The highest BCUT2D eigenvalue weighted by Gasteiger charge is 2.46. The van der Waals surface area contributed by atoms with Gasteiger partial charge in [-0.3, -0.25) is 4.18 Å². The second-order valence-electron chi connectivity index (χ2n) is 16.5. The Balaban J connectivity index is 0.000000746. The molecule has 0 saturated heterocycles. The highest BCUT2D eigenvalue weighted by atomic mass is 32.2. The smallest absolute Gasteiger partial charge is 0.310 e. The zero-order valence-corrected chi connectivity index (χ0v) is 39.7. The van der Waals surface area contributed by atoms with E-state index < -0.39 is 15.6 Å². The van der Waals surface area contributed by atoms with Crippen LogP contribution in [0.2, 0.25) is 0 Å². The van der Waals surface area contributed by atoms with Crippen molar-refractivity contribution in [3.05, 3.63) is 214 Å². The van der Waals surface area contributed by atoms with Gasteiger partial charge in [0.05, 0.1) is 7.11 Å². The fourth-order valence-corrected chi connectivity index (χ4v) is 7.67. The lowest BCUT2D eigenvalue weighted by Gasteiger charge is -2.26. The molecular formula is C58H59F3N2O3S. The molecule has 0 saturated carbocycles. The molecule has 7 rings (SSSR count). The van der Waals surface area contributed by atoms with Crippen molar-refractivity contribution in [3.8, 4) is 0 Å². The van der Waals surface area contributed by atoms with Gasteiger partial charge in [-0.15, -0.1) is 0 Å². The quantitative estimate of drug-likeness (QED) is 0.0517. The van der Waals surface area contributed by atoms with Gasteiger partial charge < -0.3 is 9.80 Å². The second-order valence-corrected chi connectivity index (χ2v) is 18.2. The summed E-state index contributed by atoms with van der Waals surface area (Å²) in [6, 6.07) is 62.0. The van der Waals surface area contributed by atoms with Gasteiger partial charge in [-0.05, 0) is 157 Å². The predicted molar refractivity (Wildman–Crippen MR) is 275 cm³/mol. The average molecular weight is 921 g/mol. The highest BCUT2D eigenvalue weighted by molar-refractivity contribution is 7.87. The van der Waals surface area contributed by atoms with Gasteiger partial charge in [0.15, 0.2) is 0 Å². The van der Waals surface area contributed by atoms with Crippen molar-refractivity contribution >= 4 is 68.5 Å². The number of aryl methyl sites for hydroxylation is 4. The SMILES string of the molecule is CCCCc1ccc(N(c2ccc(/C=C/c3ccc(/C=C/c4ccc(N(c5ccc(CCCC)cc5)c5cccc(C)c5)cc4)cc3)cc2)c2cccc(C)c2)cc1.COS(=O)(=O)C(F)(F)F. The van der Waals surface area contributed by atoms with Gasteiger partial charge in [-0.1, -0.05) is 148 Å². The van der Waals surface area contributed by atoms with Crippen molar-refractivity contribution in [1.82, 2.24) is 0 Å². The van der Waals surface area contributed by atoms with Crippen molar-refractivity contribution < 1.29 is 25.8 Å². The summed E-state index contributed by atoms with van der Waals surface area (Å²) in [6.45, 7) is 8.80. The Labute approximate surface area is 395 Å². The lowest BCUT2D eigenvalue weighted by Crippen LogP contribution is -2.23. The number of benzene rings is 7. The molecule has 0 aliphatic carbocycles. The van der Waals surface area contributed by atoms with E-state index in [1.807, 2.05) is 0 Å². The van der Waals surface area contributed by atoms with Crippen LogP contribution in [0.15, 0.2) is 170 Å². The van der Waals surface area contributed by atoms with Gasteiger partial charge in [0.2, 0.25) is 0 Å². The summed E-state index contributed by atoms with van der Waals surface area (Å²) < 4.78 is 55.9. The zero-order chi connectivity index (χ0) is 47.8. The summed E-state index contributed by atoms with van der Waals surface area (Å²) in [4.78, 5) is 4.69. The summed E-state index contributed by atoms with van der Waals surface area (Å²) in [5, 5.41) is 0. The molecule has 9 heteroatoms. The molecule has 0 aliphatic heterocycles. The lowest BCUT2D eigenvalue weighted by atomic mass is 10.1. The Morgan fingerprint density at radius 3 is 1.01 bits per heavy atom. The molecule has 0 heterocycles. The second kappa shape index (κ2) is 23.7. The van der Waals surface area contributed by atoms with Gasteiger partial charge >= 0.3 is 15.6 Å². The minimum absolute atomic E-state index is 0.447. The van der Waals surface area contributed by atoms with Crippen LogP contribution < -0.4 is 9.80 Å². The molecule has 0 radical (unpaired) electrons. The van der Waals surface area contributed by atoms with E-state index in [1.165, 1.54) is 92.9 Å². The maximum Gasteiger partial charge on any atom is 0.523 e. The number of anilines is 6. The summed E-state index contributed by atoms with van der Waals surface area (Å²) in [5.41, 5.74) is 11.6. The Hall–Kier alpha value is -6.68. The largest absolute Gasteiger partial charge is 0.523 e. The topological polar surface area (TPSA) is 49.9 Å². The number of unbranched alkanes of at least 4 members (excludes halogenated alkanes) is 2. The van der Waals surface area contributed by atoms with E-state index in [1.54, 1.807) is 0 Å². The Morgan fingerprint density at radius 1 is 0.463 bits per heavy atom. The van der Waals surface area contributed by atoms with E-state index in [4.69, 9.17) is 0 Å². The number of alkyl halides is 3. The van der Waals surface area contributed by atoms with E-state index >= 15 is 0 Å². The lowest BCUT2D eigenvalue weighted by molar-refractivity contribution is -0.0526. The van der Waals surface area contributed by atoms with Gasteiger partial charge in [-0.2, -0.15) is 21.6 Å². The summed E-state index contributed by atoms with van der Waals surface area (Å²) >= 11 is 0. The average Bonchev–Trinajstić information content (AvgIpc) is 3.33. The minimum Gasteiger partial charge on any atom is -0.310 e. The molecule has 0 unspecified atom stereocenters. The van der Waals surface area contributed by atoms with Crippen molar-refractivity contribution in [3.63, 3.8) is 0 Å². The monoisotopic (exact) mass is 920 g/mol. The molecule has 0 aromatic heterocycles. The standard InChI is InChI=1S/C56H56N2.C2H3F3O3S/c1-5-7-13-45-25-33-51(34-26-45)57(55-15-9-11-43(3)41-55)53-37-29-49(30-38-53)23-21-47-17-19-48(20-18-47)22-24-50-31-39-54(40-32-50)58(56-16-10-12-44(4)42-56)52-35-27-46(28-36-52)14-8-6-2;1-8-9(6,7)2(3,4)5/h9-12,15-42H,5-8,13-14H2,1-4H3;1H3/b23-21+,24-22+;. The Bertz CT molecular complexity index is 2630.